The molecule has 2 aromatic rings. The third-order valence-electron chi connectivity index (χ3n) is 3.16. The normalized spacial score (nSPS) is 18.6. The average molecular weight is 259 g/mol. The molecule has 0 aromatic carbocycles. The van der Waals surface area contributed by atoms with Gasteiger partial charge in [-0.2, -0.15) is 5.10 Å². The van der Waals surface area contributed by atoms with Crippen LogP contribution in [-0.2, 0) is 17.8 Å². The molecule has 0 bridgehead atoms. The van der Waals surface area contributed by atoms with Crippen molar-refractivity contribution in [2.24, 2.45) is 0 Å². The second kappa shape index (κ2) is 5.79. The SMILES string of the molecule is c1ncc(CNc2cnn(CC3CCCO3)c2)cn1. The standard InChI is InChI=1S/C13H17N5O/c1-2-13(19-3-1)9-18-8-12(7-17-18)16-6-11-4-14-10-15-5-11/h4-5,7-8,10,13,16H,1-3,6,9H2. The van der Waals surface area contributed by atoms with Gasteiger partial charge >= 0.3 is 0 Å². The zero-order chi connectivity index (χ0) is 12.9. The predicted octanol–water partition coefficient (Wildman–Crippen LogP) is 1.46. The van der Waals surface area contributed by atoms with Gasteiger partial charge in [0.2, 0.25) is 0 Å². The fraction of sp³-hybridized carbons (Fsp3) is 0.462. The van der Waals surface area contributed by atoms with Crippen molar-refractivity contribution < 1.29 is 4.74 Å². The zero-order valence-electron chi connectivity index (χ0n) is 10.7. The summed E-state index contributed by atoms with van der Waals surface area (Å²) in [6.07, 6.45) is 11.6. The Morgan fingerprint density at radius 2 is 2.21 bits per heavy atom. The lowest BCUT2D eigenvalue weighted by Crippen LogP contribution is -2.15. The molecule has 1 unspecified atom stereocenters. The largest absolute Gasteiger partial charge is 0.378 e. The van der Waals surface area contributed by atoms with Gasteiger partial charge in [-0.1, -0.05) is 0 Å². The molecule has 1 saturated heterocycles. The molecule has 1 aliphatic heterocycles. The molecule has 1 aliphatic rings. The molecule has 0 radical (unpaired) electrons. The van der Waals surface area contributed by atoms with Gasteiger partial charge in [-0.3, -0.25) is 4.68 Å². The maximum atomic E-state index is 5.60. The number of nitrogens with zero attached hydrogens (tertiary/aromatic N) is 4. The van der Waals surface area contributed by atoms with Gasteiger partial charge in [-0.25, -0.2) is 9.97 Å². The van der Waals surface area contributed by atoms with Gasteiger partial charge in [0, 0.05) is 37.3 Å². The van der Waals surface area contributed by atoms with Crippen LogP contribution in [0.2, 0.25) is 0 Å². The number of hydrogen-bond acceptors (Lipinski definition) is 5. The van der Waals surface area contributed by atoms with Crippen molar-refractivity contribution in [1.29, 1.82) is 0 Å². The first-order valence-electron chi connectivity index (χ1n) is 6.52. The predicted molar refractivity (Wildman–Crippen MR) is 70.6 cm³/mol. The summed E-state index contributed by atoms with van der Waals surface area (Å²) in [5.41, 5.74) is 2.05. The Morgan fingerprint density at radius 3 is 3.00 bits per heavy atom. The van der Waals surface area contributed by atoms with E-state index in [0.717, 1.165) is 37.2 Å². The monoisotopic (exact) mass is 259 g/mol. The lowest BCUT2D eigenvalue weighted by Gasteiger charge is -2.08. The first-order valence-corrected chi connectivity index (χ1v) is 6.52. The van der Waals surface area contributed by atoms with Crippen LogP contribution >= 0.6 is 0 Å². The van der Waals surface area contributed by atoms with Crippen molar-refractivity contribution >= 4 is 5.69 Å². The Bertz CT molecular complexity index is 507. The second-order valence-corrected chi connectivity index (χ2v) is 4.69. The molecule has 19 heavy (non-hydrogen) atoms. The molecule has 100 valence electrons. The minimum absolute atomic E-state index is 0.315. The van der Waals surface area contributed by atoms with E-state index in [0.29, 0.717) is 12.6 Å². The fourth-order valence-electron chi connectivity index (χ4n) is 2.18. The highest BCUT2D eigenvalue weighted by atomic mass is 16.5. The smallest absolute Gasteiger partial charge is 0.115 e. The molecule has 3 rings (SSSR count). The molecule has 0 saturated carbocycles. The van der Waals surface area contributed by atoms with E-state index in [4.69, 9.17) is 4.74 Å². The highest BCUT2D eigenvalue weighted by Gasteiger charge is 2.16. The summed E-state index contributed by atoms with van der Waals surface area (Å²) in [5, 5.41) is 7.64. The van der Waals surface area contributed by atoms with Crippen LogP contribution in [0.3, 0.4) is 0 Å². The van der Waals surface area contributed by atoms with Crippen molar-refractivity contribution in [2.45, 2.75) is 32.0 Å². The number of anilines is 1. The van der Waals surface area contributed by atoms with Gasteiger partial charge in [0.15, 0.2) is 0 Å². The topological polar surface area (TPSA) is 64.9 Å². The maximum Gasteiger partial charge on any atom is 0.115 e. The van der Waals surface area contributed by atoms with E-state index in [2.05, 4.69) is 20.4 Å². The lowest BCUT2D eigenvalue weighted by molar-refractivity contribution is 0.0940. The van der Waals surface area contributed by atoms with Gasteiger partial charge in [-0.05, 0) is 12.8 Å². The van der Waals surface area contributed by atoms with Crippen LogP contribution in [0, 0.1) is 0 Å². The summed E-state index contributed by atoms with van der Waals surface area (Å²) in [7, 11) is 0. The van der Waals surface area contributed by atoms with E-state index >= 15 is 0 Å². The highest BCUT2D eigenvalue weighted by Crippen LogP contribution is 2.15. The Morgan fingerprint density at radius 1 is 1.32 bits per heavy atom. The minimum Gasteiger partial charge on any atom is -0.378 e. The molecule has 0 amide bonds. The van der Waals surface area contributed by atoms with Crippen molar-refractivity contribution in [1.82, 2.24) is 19.7 Å². The molecule has 3 heterocycles. The lowest BCUT2D eigenvalue weighted by atomic mass is 10.2. The van der Waals surface area contributed by atoms with E-state index in [9.17, 15) is 0 Å². The molecule has 0 spiro atoms. The van der Waals surface area contributed by atoms with Gasteiger partial charge in [0.05, 0.1) is 24.5 Å². The van der Waals surface area contributed by atoms with Crippen LogP contribution < -0.4 is 5.32 Å². The molecule has 0 aliphatic carbocycles. The van der Waals surface area contributed by atoms with Gasteiger partial charge in [0.1, 0.15) is 6.33 Å². The van der Waals surface area contributed by atoms with E-state index in [1.54, 1.807) is 12.4 Å². The average Bonchev–Trinajstić information content (AvgIpc) is 3.10. The van der Waals surface area contributed by atoms with Crippen LogP contribution in [0.5, 0.6) is 0 Å². The first-order chi connectivity index (χ1) is 9.40. The zero-order valence-corrected chi connectivity index (χ0v) is 10.7. The molecule has 6 heteroatoms. The van der Waals surface area contributed by atoms with E-state index in [1.807, 2.05) is 17.1 Å². The number of rotatable bonds is 5. The van der Waals surface area contributed by atoms with Crippen molar-refractivity contribution in [3.8, 4) is 0 Å². The van der Waals surface area contributed by atoms with Gasteiger partial charge in [-0.15, -0.1) is 0 Å². The molecule has 1 atom stereocenters. The van der Waals surface area contributed by atoms with E-state index < -0.39 is 0 Å². The summed E-state index contributed by atoms with van der Waals surface area (Å²) in [5.74, 6) is 0. The van der Waals surface area contributed by atoms with Crippen LogP contribution in [0.15, 0.2) is 31.1 Å². The second-order valence-electron chi connectivity index (χ2n) is 4.69. The van der Waals surface area contributed by atoms with Gasteiger partial charge in [0.25, 0.3) is 0 Å². The molecular weight excluding hydrogens is 242 g/mol. The third kappa shape index (κ3) is 3.29. The fourth-order valence-corrected chi connectivity index (χ4v) is 2.18. The molecular formula is C13H17N5O. The Labute approximate surface area is 111 Å². The quantitative estimate of drug-likeness (QED) is 0.880. The number of ether oxygens (including phenoxy) is 1. The number of nitrogens with one attached hydrogen (secondary N) is 1. The molecule has 2 aromatic heterocycles. The van der Waals surface area contributed by atoms with Crippen LogP contribution in [0.4, 0.5) is 5.69 Å². The highest BCUT2D eigenvalue weighted by molar-refractivity contribution is 5.38. The Balaban J connectivity index is 1.53. The third-order valence-corrected chi connectivity index (χ3v) is 3.16. The van der Waals surface area contributed by atoms with Crippen molar-refractivity contribution in [3.63, 3.8) is 0 Å². The number of hydrogen-bond donors (Lipinski definition) is 1. The van der Waals surface area contributed by atoms with Gasteiger partial charge < -0.3 is 10.1 Å². The van der Waals surface area contributed by atoms with Crippen molar-refractivity contribution in [3.05, 3.63) is 36.7 Å². The minimum atomic E-state index is 0.315. The molecule has 1 N–H and O–H groups in total. The Hall–Kier alpha value is -1.95. The summed E-state index contributed by atoms with van der Waals surface area (Å²) < 4.78 is 7.53. The summed E-state index contributed by atoms with van der Waals surface area (Å²) in [4.78, 5) is 7.96. The molecule has 6 nitrogen and oxygen atoms in total. The van der Waals surface area contributed by atoms with Crippen LogP contribution in [0.25, 0.3) is 0 Å². The Kier molecular flexibility index (Phi) is 3.69. The van der Waals surface area contributed by atoms with E-state index in [-0.39, 0.29) is 0 Å². The van der Waals surface area contributed by atoms with Crippen LogP contribution in [0.1, 0.15) is 18.4 Å². The van der Waals surface area contributed by atoms with Crippen molar-refractivity contribution in [2.75, 3.05) is 11.9 Å². The first kappa shape index (κ1) is 12.1. The number of aromatic nitrogens is 4. The summed E-state index contributed by atoms with van der Waals surface area (Å²) in [6.45, 7) is 2.41. The van der Waals surface area contributed by atoms with E-state index in [1.165, 1.54) is 6.33 Å². The summed E-state index contributed by atoms with van der Waals surface area (Å²) >= 11 is 0. The molecule has 1 fully saturated rings. The maximum absolute atomic E-state index is 5.60. The van der Waals surface area contributed by atoms with Crippen LogP contribution in [-0.4, -0.2) is 32.5 Å². The summed E-state index contributed by atoms with van der Waals surface area (Å²) in [6, 6.07) is 0.